The number of hydrogen-bond acceptors (Lipinski definition) is 4. The van der Waals surface area contributed by atoms with Crippen molar-refractivity contribution >= 4 is 17.4 Å². The highest BCUT2D eigenvalue weighted by atomic mass is 32.1. The highest BCUT2D eigenvalue weighted by molar-refractivity contribution is 7.07. The Balaban J connectivity index is 1.44. The van der Waals surface area contributed by atoms with E-state index in [9.17, 15) is 4.79 Å². The smallest absolute Gasteiger partial charge is 0.318 e. The van der Waals surface area contributed by atoms with E-state index in [0.717, 1.165) is 31.7 Å². The molecule has 1 saturated carbocycles. The lowest BCUT2D eigenvalue weighted by Crippen LogP contribution is -2.44. The van der Waals surface area contributed by atoms with Crippen LogP contribution in [0.5, 0.6) is 5.75 Å². The fourth-order valence-electron chi connectivity index (χ4n) is 3.98. The number of thiophene rings is 1. The second kappa shape index (κ2) is 8.97. The molecule has 5 nitrogen and oxygen atoms in total. The summed E-state index contributed by atoms with van der Waals surface area (Å²) < 4.78 is 5.42. The normalized spacial score (nSPS) is 18.0. The Morgan fingerprint density at radius 3 is 2.82 bits per heavy atom. The molecule has 0 radical (unpaired) electrons. The number of urea groups is 1. The minimum atomic E-state index is 0.0563. The van der Waals surface area contributed by atoms with Crippen molar-refractivity contribution in [2.75, 3.05) is 26.7 Å². The fourth-order valence-corrected chi connectivity index (χ4v) is 4.64. The van der Waals surface area contributed by atoms with Crippen LogP contribution >= 0.6 is 11.3 Å². The first-order chi connectivity index (χ1) is 13.7. The van der Waals surface area contributed by atoms with Gasteiger partial charge in [-0.3, -0.25) is 4.90 Å². The summed E-state index contributed by atoms with van der Waals surface area (Å²) in [7, 11) is 1.70. The van der Waals surface area contributed by atoms with Gasteiger partial charge in [0.15, 0.2) is 0 Å². The quantitative estimate of drug-likeness (QED) is 0.721. The average Bonchev–Trinajstić information content (AvgIpc) is 3.18. The molecule has 0 bridgehead atoms. The predicted molar refractivity (Wildman–Crippen MR) is 113 cm³/mol. The highest BCUT2D eigenvalue weighted by Gasteiger charge is 2.33. The van der Waals surface area contributed by atoms with Crippen LogP contribution in [0.25, 0.3) is 0 Å². The lowest BCUT2D eigenvalue weighted by Gasteiger charge is -2.30. The molecule has 1 atom stereocenters. The van der Waals surface area contributed by atoms with E-state index in [1.165, 1.54) is 24.0 Å². The summed E-state index contributed by atoms with van der Waals surface area (Å²) in [5.74, 6) is 0.866. The Kier molecular flexibility index (Phi) is 6.17. The maximum Gasteiger partial charge on any atom is 0.318 e. The molecule has 4 rings (SSSR count). The Bertz CT molecular complexity index is 770. The third-order valence-electron chi connectivity index (χ3n) is 5.69. The monoisotopic (exact) mass is 399 g/mol. The van der Waals surface area contributed by atoms with E-state index in [1.807, 2.05) is 17.0 Å². The second-order valence-electron chi connectivity index (χ2n) is 7.71. The minimum absolute atomic E-state index is 0.0563. The molecule has 0 spiro atoms. The molecule has 0 unspecified atom stereocenters. The molecule has 1 aromatic heterocycles. The summed E-state index contributed by atoms with van der Waals surface area (Å²) in [4.78, 5) is 17.5. The number of nitrogens with zero attached hydrogens (tertiary/aromatic N) is 2. The molecule has 150 valence electrons. The molecule has 1 aliphatic heterocycles. The number of benzene rings is 1. The largest absolute Gasteiger partial charge is 0.497 e. The third-order valence-corrected chi connectivity index (χ3v) is 6.42. The fraction of sp³-hybridized carbons (Fsp3) is 0.500. The zero-order valence-corrected chi connectivity index (χ0v) is 17.3. The van der Waals surface area contributed by atoms with Crippen molar-refractivity contribution in [3.05, 3.63) is 52.2 Å². The molecule has 1 N–H and O–H groups in total. The zero-order valence-electron chi connectivity index (χ0n) is 16.5. The molecule has 2 aliphatic rings. The Morgan fingerprint density at radius 1 is 1.32 bits per heavy atom. The molecule has 1 aromatic carbocycles. The summed E-state index contributed by atoms with van der Waals surface area (Å²) in [5.41, 5.74) is 2.42. The van der Waals surface area contributed by atoms with Gasteiger partial charge in [-0.05, 0) is 78.9 Å². The van der Waals surface area contributed by atoms with E-state index in [1.54, 1.807) is 18.4 Å². The van der Waals surface area contributed by atoms with Gasteiger partial charge in [0.1, 0.15) is 5.75 Å². The standard InChI is InChI=1S/C22H29N3O2S/c1-27-20-6-4-5-18(13-20)21(24-10-2-3-11-24)14-23-22(26)25(19-7-8-19)15-17-9-12-28-16-17/h4-6,9,12-13,16,19,21H,2-3,7-8,10-11,14-15H2,1H3,(H,23,26)/t21-/m0/s1. The number of carbonyl (C=O) groups excluding carboxylic acids is 1. The van der Waals surface area contributed by atoms with Gasteiger partial charge in [0.05, 0.1) is 13.2 Å². The lowest BCUT2D eigenvalue weighted by atomic mass is 10.1. The van der Waals surface area contributed by atoms with Gasteiger partial charge < -0.3 is 15.0 Å². The molecule has 28 heavy (non-hydrogen) atoms. The SMILES string of the molecule is COc1cccc([C@H](CNC(=O)N(Cc2ccsc2)C2CC2)N2CCCC2)c1. The van der Waals surface area contributed by atoms with Crippen molar-refractivity contribution in [1.29, 1.82) is 0 Å². The van der Waals surface area contributed by atoms with Gasteiger partial charge in [0.25, 0.3) is 0 Å². The van der Waals surface area contributed by atoms with E-state index in [2.05, 4.69) is 39.2 Å². The molecular formula is C22H29N3O2S. The maximum atomic E-state index is 13.0. The minimum Gasteiger partial charge on any atom is -0.497 e. The van der Waals surface area contributed by atoms with E-state index >= 15 is 0 Å². The van der Waals surface area contributed by atoms with Crippen LogP contribution in [-0.4, -0.2) is 48.6 Å². The summed E-state index contributed by atoms with van der Waals surface area (Å²) in [6, 6.07) is 11.0. The topological polar surface area (TPSA) is 44.8 Å². The van der Waals surface area contributed by atoms with Crippen molar-refractivity contribution < 1.29 is 9.53 Å². The van der Waals surface area contributed by atoms with Crippen molar-refractivity contribution in [1.82, 2.24) is 15.1 Å². The predicted octanol–water partition coefficient (Wildman–Crippen LogP) is 4.27. The van der Waals surface area contributed by atoms with E-state index in [4.69, 9.17) is 4.74 Å². The van der Waals surface area contributed by atoms with Gasteiger partial charge in [-0.1, -0.05) is 12.1 Å². The Morgan fingerprint density at radius 2 is 2.14 bits per heavy atom. The Labute approximate surface area is 171 Å². The Hall–Kier alpha value is -2.05. The molecular weight excluding hydrogens is 370 g/mol. The molecule has 6 heteroatoms. The molecule has 2 heterocycles. The van der Waals surface area contributed by atoms with Gasteiger partial charge in [-0.2, -0.15) is 11.3 Å². The summed E-state index contributed by atoms with van der Waals surface area (Å²) in [6.45, 7) is 3.49. The van der Waals surface area contributed by atoms with E-state index in [0.29, 0.717) is 19.1 Å². The van der Waals surface area contributed by atoms with Crippen LogP contribution < -0.4 is 10.1 Å². The van der Waals surface area contributed by atoms with Crippen LogP contribution in [0.4, 0.5) is 4.79 Å². The van der Waals surface area contributed by atoms with Crippen LogP contribution in [0.1, 0.15) is 42.9 Å². The van der Waals surface area contributed by atoms with Crippen molar-refractivity contribution in [2.24, 2.45) is 0 Å². The average molecular weight is 400 g/mol. The number of amides is 2. The van der Waals surface area contributed by atoms with Crippen molar-refractivity contribution in [3.8, 4) is 5.75 Å². The summed E-state index contributed by atoms with van der Waals surface area (Å²) in [5, 5.41) is 7.44. The van der Waals surface area contributed by atoms with Crippen molar-refractivity contribution in [3.63, 3.8) is 0 Å². The summed E-state index contributed by atoms with van der Waals surface area (Å²) >= 11 is 1.68. The van der Waals surface area contributed by atoms with Gasteiger partial charge in [0.2, 0.25) is 0 Å². The maximum absolute atomic E-state index is 13.0. The van der Waals surface area contributed by atoms with Gasteiger partial charge >= 0.3 is 6.03 Å². The molecule has 2 amide bonds. The number of nitrogens with one attached hydrogen (secondary N) is 1. The summed E-state index contributed by atoms with van der Waals surface area (Å²) in [6.07, 6.45) is 4.67. The first-order valence-electron chi connectivity index (χ1n) is 10.2. The van der Waals surface area contributed by atoms with Crippen LogP contribution in [0.15, 0.2) is 41.1 Å². The molecule has 2 aromatic rings. The van der Waals surface area contributed by atoms with E-state index < -0.39 is 0 Å². The number of rotatable bonds is 8. The number of ether oxygens (including phenoxy) is 1. The number of methoxy groups -OCH3 is 1. The first-order valence-corrected chi connectivity index (χ1v) is 11.1. The van der Waals surface area contributed by atoms with Crippen LogP contribution in [0.3, 0.4) is 0 Å². The molecule has 1 saturated heterocycles. The first kappa shape index (κ1) is 19.3. The number of likely N-dealkylation sites (tertiary alicyclic amines) is 1. The van der Waals surface area contributed by atoms with Gasteiger partial charge in [0, 0.05) is 19.1 Å². The van der Waals surface area contributed by atoms with Crippen molar-refractivity contribution in [2.45, 2.75) is 44.3 Å². The number of carbonyl (C=O) groups is 1. The van der Waals surface area contributed by atoms with Gasteiger partial charge in [-0.25, -0.2) is 4.79 Å². The molecule has 1 aliphatic carbocycles. The van der Waals surface area contributed by atoms with Gasteiger partial charge in [-0.15, -0.1) is 0 Å². The zero-order chi connectivity index (χ0) is 19.3. The van der Waals surface area contributed by atoms with E-state index in [-0.39, 0.29) is 12.1 Å². The van der Waals surface area contributed by atoms with Crippen LogP contribution in [0, 0.1) is 0 Å². The lowest BCUT2D eigenvalue weighted by molar-refractivity contribution is 0.183. The van der Waals surface area contributed by atoms with Crippen LogP contribution in [0.2, 0.25) is 0 Å². The number of hydrogen-bond donors (Lipinski definition) is 1. The second-order valence-corrected chi connectivity index (χ2v) is 8.49. The van der Waals surface area contributed by atoms with Crippen LogP contribution in [-0.2, 0) is 6.54 Å². The molecule has 2 fully saturated rings. The highest BCUT2D eigenvalue weighted by Crippen LogP contribution is 2.30. The third kappa shape index (κ3) is 4.67.